The van der Waals surface area contributed by atoms with E-state index in [2.05, 4.69) is 19.2 Å². The molecule has 0 aromatic heterocycles. The maximum absolute atomic E-state index is 13.1. The molecule has 0 heterocycles. The van der Waals surface area contributed by atoms with Gasteiger partial charge in [0, 0.05) is 10.4 Å². The van der Waals surface area contributed by atoms with Gasteiger partial charge in [0.25, 0.3) is 0 Å². The topological polar surface area (TPSA) is 32.3 Å². The Kier molecular flexibility index (Phi) is 8.22. The summed E-state index contributed by atoms with van der Waals surface area (Å²) in [5.74, 6) is -0.794. The number of rotatable bonds is 10. The van der Waals surface area contributed by atoms with Crippen LogP contribution < -0.4 is 5.32 Å². The lowest BCUT2D eigenvalue weighted by molar-refractivity contribution is 0.146. The highest BCUT2D eigenvalue weighted by Crippen LogP contribution is 2.24. The van der Waals surface area contributed by atoms with E-state index in [4.69, 9.17) is 0 Å². The van der Waals surface area contributed by atoms with Crippen molar-refractivity contribution in [2.45, 2.75) is 50.0 Å². The van der Waals surface area contributed by atoms with E-state index in [-0.39, 0.29) is 12.1 Å². The number of halogens is 2. The number of hydrogen-bond donors (Lipinski definition) is 2. The molecule has 2 N–H and O–H groups in total. The first-order chi connectivity index (χ1) is 10.1. The summed E-state index contributed by atoms with van der Waals surface area (Å²) in [6.45, 7) is 5.19. The van der Waals surface area contributed by atoms with Gasteiger partial charge in [-0.25, -0.2) is 8.78 Å². The normalized spacial score (nSPS) is 14.1. The Bertz CT molecular complexity index is 425. The van der Waals surface area contributed by atoms with Crippen molar-refractivity contribution < 1.29 is 13.9 Å². The van der Waals surface area contributed by atoms with Crippen LogP contribution in [0, 0.1) is 11.6 Å². The van der Waals surface area contributed by atoms with Crippen LogP contribution in [-0.4, -0.2) is 29.5 Å². The minimum atomic E-state index is -0.812. The van der Waals surface area contributed by atoms with Gasteiger partial charge < -0.3 is 10.4 Å². The molecule has 0 fully saturated rings. The van der Waals surface area contributed by atoms with E-state index >= 15 is 0 Å². The maximum atomic E-state index is 13.1. The third-order valence-electron chi connectivity index (χ3n) is 3.69. The summed E-state index contributed by atoms with van der Waals surface area (Å²) in [5.41, 5.74) is -0.218. The lowest BCUT2D eigenvalue weighted by atomic mass is 9.91. The van der Waals surface area contributed by atoms with E-state index in [0.717, 1.165) is 48.9 Å². The highest BCUT2D eigenvalue weighted by atomic mass is 32.2. The first kappa shape index (κ1) is 18.4. The van der Waals surface area contributed by atoms with Gasteiger partial charge in [-0.3, -0.25) is 0 Å². The summed E-state index contributed by atoms with van der Waals surface area (Å²) in [4.78, 5) is 0.738. The van der Waals surface area contributed by atoms with Crippen molar-refractivity contribution in [3.8, 4) is 0 Å². The average Bonchev–Trinajstić information content (AvgIpc) is 2.50. The van der Waals surface area contributed by atoms with Crippen LogP contribution in [0.1, 0.15) is 39.5 Å². The van der Waals surface area contributed by atoms with E-state index in [9.17, 15) is 13.9 Å². The minimum absolute atomic E-state index is 0.124. The summed E-state index contributed by atoms with van der Waals surface area (Å²) in [6.07, 6.45) is 3.69. The number of thioether (sulfide) groups is 1. The number of hydrogen-bond acceptors (Lipinski definition) is 3. The molecule has 2 nitrogen and oxygen atoms in total. The van der Waals surface area contributed by atoms with E-state index in [1.54, 1.807) is 6.07 Å². The SMILES string of the molecule is CCCNC(CC)(CO)CCCSc1ccc(F)c(F)c1. The van der Waals surface area contributed by atoms with Gasteiger partial charge >= 0.3 is 0 Å². The second kappa shape index (κ2) is 9.38. The van der Waals surface area contributed by atoms with Crippen LogP contribution in [-0.2, 0) is 0 Å². The van der Waals surface area contributed by atoms with Gasteiger partial charge in [0.05, 0.1) is 6.61 Å². The Labute approximate surface area is 130 Å². The Morgan fingerprint density at radius 1 is 1.24 bits per heavy atom. The number of aliphatic hydroxyl groups excluding tert-OH is 1. The smallest absolute Gasteiger partial charge is 0.159 e. The third-order valence-corrected chi connectivity index (χ3v) is 4.77. The molecule has 1 atom stereocenters. The summed E-state index contributed by atoms with van der Waals surface area (Å²) < 4.78 is 25.9. The van der Waals surface area contributed by atoms with Gasteiger partial charge in [-0.1, -0.05) is 13.8 Å². The van der Waals surface area contributed by atoms with Crippen molar-refractivity contribution in [1.82, 2.24) is 5.32 Å². The van der Waals surface area contributed by atoms with Gasteiger partial charge in [-0.15, -0.1) is 11.8 Å². The zero-order chi connectivity index (χ0) is 15.7. The molecule has 0 amide bonds. The fourth-order valence-corrected chi connectivity index (χ4v) is 3.07. The fraction of sp³-hybridized carbons (Fsp3) is 0.625. The molecule has 0 bridgehead atoms. The molecule has 1 aromatic rings. The van der Waals surface area contributed by atoms with E-state index in [1.165, 1.54) is 17.8 Å². The second-order valence-corrected chi connectivity index (χ2v) is 6.42. The van der Waals surface area contributed by atoms with E-state index in [1.807, 2.05) is 0 Å². The first-order valence-electron chi connectivity index (χ1n) is 7.50. The van der Waals surface area contributed by atoms with Crippen LogP contribution >= 0.6 is 11.8 Å². The standard InChI is InChI=1S/C16H25F2NOS/c1-3-9-19-16(4-2,12-20)8-5-10-21-13-6-7-14(17)15(18)11-13/h6-7,11,19-20H,3-5,8-10,12H2,1-2H3. The first-order valence-corrected chi connectivity index (χ1v) is 8.49. The molecule has 5 heteroatoms. The number of aliphatic hydroxyl groups is 1. The van der Waals surface area contributed by atoms with Gasteiger partial charge in [0.15, 0.2) is 11.6 Å². The molecular formula is C16H25F2NOS. The Balaban J connectivity index is 2.41. The van der Waals surface area contributed by atoms with Crippen molar-refractivity contribution in [3.05, 3.63) is 29.8 Å². The lowest BCUT2D eigenvalue weighted by Gasteiger charge is -2.32. The molecule has 0 aliphatic heterocycles. The van der Waals surface area contributed by atoms with Gasteiger partial charge in [0.2, 0.25) is 0 Å². The highest BCUT2D eigenvalue weighted by molar-refractivity contribution is 7.99. The zero-order valence-corrected chi connectivity index (χ0v) is 13.6. The molecular weight excluding hydrogens is 292 g/mol. The summed E-state index contributed by atoms with van der Waals surface area (Å²) in [7, 11) is 0. The summed E-state index contributed by atoms with van der Waals surface area (Å²) >= 11 is 1.51. The van der Waals surface area contributed by atoms with Crippen molar-refractivity contribution in [2.75, 3.05) is 18.9 Å². The van der Waals surface area contributed by atoms with E-state index in [0.29, 0.717) is 0 Å². The maximum Gasteiger partial charge on any atom is 0.159 e. The molecule has 1 aromatic carbocycles. The van der Waals surface area contributed by atoms with Crippen molar-refractivity contribution in [3.63, 3.8) is 0 Å². The zero-order valence-electron chi connectivity index (χ0n) is 12.8. The van der Waals surface area contributed by atoms with Gasteiger partial charge in [0.1, 0.15) is 0 Å². The fourth-order valence-electron chi connectivity index (χ4n) is 2.19. The molecule has 0 aliphatic carbocycles. The Morgan fingerprint density at radius 2 is 2.00 bits per heavy atom. The predicted octanol–water partition coefficient (Wildman–Crippen LogP) is 3.98. The highest BCUT2D eigenvalue weighted by Gasteiger charge is 2.25. The molecule has 0 radical (unpaired) electrons. The quantitative estimate of drug-likeness (QED) is 0.506. The minimum Gasteiger partial charge on any atom is -0.394 e. The van der Waals surface area contributed by atoms with Crippen molar-refractivity contribution >= 4 is 11.8 Å². The Hall–Kier alpha value is -0.650. The summed E-state index contributed by atoms with van der Waals surface area (Å²) in [5, 5.41) is 13.1. The number of benzene rings is 1. The largest absolute Gasteiger partial charge is 0.394 e. The molecule has 0 saturated carbocycles. The molecule has 0 aliphatic rings. The van der Waals surface area contributed by atoms with Crippen LogP contribution in [0.15, 0.2) is 23.1 Å². The lowest BCUT2D eigenvalue weighted by Crippen LogP contribution is -2.48. The van der Waals surface area contributed by atoms with Crippen molar-refractivity contribution in [2.24, 2.45) is 0 Å². The molecule has 1 rings (SSSR count). The molecule has 21 heavy (non-hydrogen) atoms. The van der Waals surface area contributed by atoms with Crippen LogP contribution in [0.2, 0.25) is 0 Å². The van der Waals surface area contributed by atoms with Crippen LogP contribution in [0.3, 0.4) is 0 Å². The second-order valence-electron chi connectivity index (χ2n) is 5.25. The molecule has 1 unspecified atom stereocenters. The van der Waals surface area contributed by atoms with Gasteiger partial charge in [-0.05, 0) is 56.2 Å². The monoisotopic (exact) mass is 317 g/mol. The molecule has 0 saturated heterocycles. The van der Waals surface area contributed by atoms with Crippen LogP contribution in [0.4, 0.5) is 8.78 Å². The Morgan fingerprint density at radius 3 is 2.57 bits per heavy atom. The summed E-state index contributed by atoms with van der Waals surface area (Å²) in [6, 6.07) is 3.98. The predicted molar refractivity (Wildman–Crippen MR) is 84.7 cm³/mol. The van der Waals surface area contributed by atoms with E-state index < -0.39 is 11.6 Å². The molecule has 0 spiro atoms. The average molecular weight is 317 g/mol. The van der Waals surface area contributed by atoms with Crippen molar-refractivity contribution in [1.29, 1.82) is 0 Å². The van der Waals surface area contributed by atoms with Crippen LogP contribution in [0.5, 0.6) is 0 Å². The van der Waals surface area contributed by atoms with Crippen LogP contribution in [0.25, 0.3) is 0 Å². The third kappa shape index (κ3) is 5.93. The number of nitrogens with one attached hydrogen (secondary N) is 1. The van der Waals surface area contributed by atoms with Gasteiger partial charge in [-0.2, -0.15) is 0 Å². The molecule has 120 valence electrons.